The molecular weight excluding hydrogens is 431 g/mol. The fourth-order valence-corrected chi connectivity index (χ4v) is 2.50. The second kappa shape index (κ2) is 7.62. The molecule has 0 fully saturated rings. The summed E-state index contributed by atoms with van der Waals surface area (Å²) in [7, 11) is -7.29. The maximum absolute atomic E-state index is 11.8. The Morgan fingerprint density at radius 1 is 0.933 bits per heavy atom. The Bertz CT molecular complexity index is 1150. The van der Waals surface area contributed by atoms with Crippen LogP contribution in [-0.2, 0) is 11.8 Å². The molecule has 0 unspecified atom stereocenters. The third-order valence-electron chi connectivity index (χ3n) is 3.63. The average Bonchev–Trinajstić information content (AvgIpc) is 2.63. The molecule has 0 N–H and O–H groups in total. The Balaban J connectivity index is 0.000000396. The van der Waals surface area contributed by atoms with Crippen LogP contribution in [0.25, 0.3) is 10.9 Å². The zero-order valence-electron chi connectivity index (χ0n) is 15.8. The molecule has 10 heteroatoms. The summed E-state index contributed by atoms with van der Waals surface area (Å²) >= 11 is 0. The molecule has 3 aromatic rings. The first-order chi connectivity index (χ1) is 13.6. The van der Waals surface area contributed by atoms with E-state index in [-0.39, 0.29) is 5.97 Å². The molecule has 0 saturated carbocycles. The summed E-state index contributed by atoms with van der Waals surface area (Å²) in [6, 6.07) is 17.4. The van der Waals surface area contributed by atoms with E-state index in [9.17, 15) is 30.0 Å². The van der Waals surface area contributed by atoms with E-state index in [1.54, 1.807) is 12.1 Å². The number of carbonyl (C=O) groups is 1. The average molecular weight is 447 g/mol. The number of halogens is 6. The molecule has 1 aromatic heterocycles. The SMILES string of the molecule is COC(=O)c1ccccc1C#Cc1cc2ccccc2[n+](C)c1.F[P-](F)(F)(F)(F)F. The van der Waals surface area contributed by atoms with Gasteiger partial charge in [-0.1, -0.05) is 36.1 Å². The molecular formula is C20H16F6NO2P. The zero-order chi connectivity index (χ0) is 22.6. The van der Waals surface area contributed by atoms with Gasteiger partial charge in [-0.15, -0.1) is 0 Å². The third kappa shape index (κ3) is 8.10. The number of benzene rings is 2. The summed E-state index contributed by atoms with van der Waals surface area (Å²) in [6.45, 7) is 0. The number of fused-ring (bicyclic) bond motifs is 1. The van der Waals surface area contributed by atoms with Gasteiger partial charge in [-0.05, 0) is 24.3 Å². The Hall–Kier alpha value is -3.11. The van der Waals surface area contributed by atoms with Crippen LogP contribution in [-0.4, -0.2) is 13.1 Å². The summed E-state index contributed by atoms with van der Waals surface area (Å²) in [5, 5.41) is 1.13. The molecule has 0 aliphatic rings. The summed E-state index contributed by atoms with van der Waals surface area (Å²) < 4.78 is 66.0. The van der Waals surface area contributed by atoms with E-state index in [1.165, 1.54) is 7.11 Å². The number of carbonyl (C=O) groups excluding carboxylic acids is 1. The second-order valence-corrected chi connectivity index (χ2v) is 8.06. The molecule has 0 saturated heterocycles. The number of esters is 1. The molecule has 160 valence electrons. The number of aromatic nitrogens is 1. The van der Waals surface area contributed by atoms with Crippen LogP contribution in [0.3, 0.4) is 0 Å². The normalized spacial score (nSPS) is 13.1. The summed E-state index contributed by atoms with van der Waals surface area (Å²) in [6.07, 6.45) is 1.98. The fraction of sp³-hybridized carbons (Fsp3) is 0.100. The van der Waals surface area contributed by atoms with E-state index in [1.807, 2.05) is 48.1 Å². The van der Waals surface area contributed by atoms with Gasteiger partial charge < -0.3 is 4.74 Å². The molecule has 3 rings (SSSR count). The number of hydrogen-bond acceptors (Lipinski definition) is 2. The first-order valence-corrected chi connectivity index (χ1v) is 10.3. The van der Waals surface area contributed by atoms with Crippen molar-refractivity contribution in [2.45, 2.75) is 0 Å². The van der Waals surface area contributed by atoms with E-state index in [4.69, 9.17) is 4.74 Å². The molecule has 2 aromatic carbocycles. The van der Waals surface area contributed by atoms with Crippen molar-refractivity contribution in [1.82, 2.24) is 0 Å². The summed E-state index contributed by atoms with van der Waals surface area (Å²) in [5.74, 6) is 5.83. The van der Waals surface area contributed by atoms with Gasteiger partial charge in [-0.25, -0.2) is 4.79 Å². The molecule has 0 aliphatic carbocycles. The van der Waals surface area contributed by atoms with Gasteiger partial charge in [0.1, 0.15) is 7.05 Å². The molecule has 0 atom stereocenters. The van der Waals surface area contributed by atoms with Gasteiger partial charge >= 0.3 is 39.0 Å². The Labute approximate surface area is 168 Å². The monoisotopic (exact) mass is 447 g/mol. The number of rotatable bonds is 1. The zero-order valence-corrected chi connectivity index (χ0v) is 16.6. The minimum absolute atomic E-state index is 0.376. The number of methoxy groups -OCH3 is 1. The van der Waals surface area contributed by atoms with Crippen LogP contribution in [0.5, 0.6) is 0 Å². The van der Waals surface area contributed by atoms with E-state index >= 15 is 0 Å². The molecule has 0 aliphatic heterocycles. The molecule has 0 radical (unpaired) electrons. The standard InChI is InChI=1S/C20H16NO2.F6P/c1-21-14-15(13-17-8-4-6-10-19(17)21)11-12-16-7-3-5-9-18(16)20(22)23-2;1-7(2,3,4,5)6/h3-10,13-14H,1-2H3;/q+1;-1. The molecule has 0 spiro atoms. The Kier molecular flexibility index (Phi) is 5.88. The van der Waals surface area contributed by atoms with E-state index in [0.29, 0.717) is 11.1 Å². The molecule has 0 amide bonds. The van der Waals surface area contributed by atoms with Crippen molar-refractivity contribution in [2.24, 2.45) is 7.05 Å². The molecule has 1 heterocycles. The van der Waals surface area contributed by atoms with Crippen LogP contribution in [0.4, 0.5) is 25.2 Å². The summed E-state index contributed by atoms with van der Waals surface area (Å²) in [5.41, 5.74) is 3.18. The van der Waals surface area contributed by atoms with Gasteiger partial charge in [0.2, 0.25) is 5.52 Å². The number of para-hydroxylation sites is 1. The van der Waals surface area contributed by atoms with Crippen molar-refractivity contribution in [1.29, 1.82) is 0 Å². The van der Waals surface area contributed by atoms with E-state index in [0.717, 1.165) is 16.5 Å². The summed E-state index contributed by atoms with van der Waals surface area (Å²) in [4.78, 5) is 11.8. The number of hydrogen-bond donors (Lipinski definition) is 0. The third-order valence-corrected chi connectivity index (χ3v) is 3.63. The van der Waals surface area contributed by atoms with Crippen molar-refractivity contribution in [3.8, 4) is 11.8 Å². The number of pyridine rings is 1. The minimum atomic E-state index is -10.7. The van der Waals surface area contributed by atoms with Crippen molar-refractivity contribution < 1.29 is 39.3 Å². The fourth-order valence-electron chi connectivity index (χ4n) is 2.50. The van der Waals surface area contributed by atoms with E-state index < -0.39 is 7.81 Å². The van der Waals surface area contributed by atoms with Gasteiger partial charge in [0.15, 0.2) is 6.20 Å². The predicted octanol–water partition coefficient (Wildman–Crippen LogP) is 6.23. The van der Waals surface area contributed by atoms with Gasteiger partial charge in [0.25, 0.3) is 0 Å². The van der Waals surface area contributed by atoms with Crippen LogP contribution in [0, 0.1) is 11.8 Å². The van der Waals surface area contributed by atoms with E-state index in [2.05, 4.69) is 24.0 Å². The van der Waals surface area contributed by atoms with Crippen molar-refractivity contribution in [2.75, 3.05) is 7.11 Å². The second-order valence-electron chi connectivity index (χ2n) is 6.14. The van der Waals surface area contributed by atoms with Gasteiger partial charge in [0, 0.05) is 17.0 Å². The van der Waals surface area contributed by atoms with Crippen molar-refractivity contribution >= 4 is 24.7 Å². The first-order valence-electron chi connectivity index (χ1n) is 8.28. The van der Waals surface area contributed by atoms with Crippen molar-refractivity contribution in [3.05, 3.63) is 77.5 Å². The number of aryl methyl sites for hydroxylation is 1. The van der Waals surface area contributed by atoms with Gasteiger partial charge in [0.05, 0.1) is 18.2 Å². The van der Waals surface area contributed by atoms with Crippen LogP contribution in [0.1, 0.15) is 21.5 Å². The predicted molar refractivity (Wildman–Crippen MR) is 102 cm³/mol. The van der Waals surface area contributed by atoms with Gasteiger partial charge in [-0.2, -0.15) is 4.57 Å². The Morgan fingerprint density at radius 2 is 1.50 bits per heavy atom. The van der Waals surface area contributed by atoms with Gasteiger partial charge in [-0.3, -0.25) is 0 Å². The van der Waals surface area contributed by atoms with Crippen LogP contribution >= 0.6 is 7.81 Å². The van der Waals surface area contributed by atoms with Crippen LogP contribution in [0.2, 0.25) is 0 Å². The quantitative estimate of drug-likeness (QED) is 0.146. The Morgan fingerprint density at radius 3 is 2.13 bits per heavy atom. The topological polar surface area (TPSA) is 30.2 Å². The molecule has 30 heavy (non-hydrogen) atoms. The number of nitrogens with zero attached hydrogens (tertiary/aromatic N) is 1. The van der Waals surface area contributed by atoms with Crippen LogP contribution < -0.4 is 4.57 Å². The molecule has 0 bridgehead atoms. The first kappa shape index (κ1) is 23.2. The molecule has 3 nitrogen and oxygen atoms in total. The van der Waals surface area contributed by atoms with Crippen LogP contribution in [0.15, 0.2) is 60.8 Å². The van der Waals surface area contributed by atoms with Crippen molar-refractivity contribution in [3.63, 3.8) is 0 Å². The maximum atomic E-state index is 11.8. The number of ether oxygens (including phenoxy) is 1.